The zero-order chi connectivity index (χ0) is 30.8. The summed E-state index contributed by atoms with van der Waals surface area (Å²) in [4.78, 5) is 29.5. The molecule has 1 fully saturated rings. The van der Waals surface area contributed by atoms with E-state index in [1.165, 1.54) is 11.4 Å². The second-order valence-electron chi connectivity index (χ2n) is 11.0. The van der Waals surface area contributed by atoms with Crippen LogP contribution in [0, 0.1) is 0 Å². The van der Waals surface area contributed by atoms with Crippen LogP contribution in [-0.2, 0) is 32.6 Å². The smallest absolute Gasteiger partial charge is 0.243 e. The van der Waals surface area contributed by atoms with Crippen LogP contribution in [0.1, 0.15) is 49.7 Å². The van der Waals surface area contributed by atoms with E-state index < -0.39 is 16.1 Å². The third-order valence-corrected chi connectivity index (χ3v) is 9.14. The van der Waals surface area contributed by atoms with Gasteiger partial charge in [0.15, 0.2) is 0 Å². The van der Waals surface area contributed by atoms with Gasteiger partial charge < -0.3 is 15.0 Å². The van der Waals surface area contributed by atoms with Crippen molar-refractivity contribution < 1.29 is 22.7 Å². The van der Waals surface area contributed by atoms with E-state index in [0.29, 0.717) is 22.9 Å². The van der Waals surface area contributed by atoms with E-state index in [-0.39, 0.29) is 43.8 Å². The van der Waals surface area contributed by atoms with Crippen LogP contribution < -0.4 is 14.4 Å². The van der Waals surface area contributed by atoms with E-state index in [1.807, 2.05) is 42.5 Å². The standard InChI is InChI=1S/C33H40ClN3O5S/c1-42-31-19-9-8-18-29(31)37(43(2,40)41)21-11-20-32(38)36(24-26-14-10-15-27(34)22-26)30(23-25-12-4-3-5-13-25)33(39)35-28-16-6-7-17-28/h3-5,8-10,12-15,18-19,22,28,30H,6-7,11,16-17,20-21,23-24H2,1-2H3,(H,35,39). The predicted molar refractivity (Wildman–Crippen MR) is 171 cm³/mol. The molecule has 0 aliphatic heterocycles. The van der Waals surface area contributed by atoms with E-state index in [2.05, 4.69) is 5.32 Å². The summed E-state index contributed by atoms with van der Waals surface area (Å²) in [6.45, 7) is 0.269. The lowest BCUT2D eigenvalue weighted by molar-refractivity contribution is -0.141. The van der Waals surface area contributed by atoms with E-state index in [0.717, 1.165) is 43.1 Å². The number of benzene rings is 3. The Morgan fingerprint density at radius 2 is 1.65 bits per heavy atom. The molecule has 3 aromatic rings. The van der Waals surface area contributed by atoms with Crippen molar-refractivity contribution in [3.63, 3.8) is 0 Å². The number of anilines is 1. The van der Waals surface area contributed by atoms with Crippen LogP contribution >= 0.6 is 11.6 Å². The molecule has 230 valence electrons. The number of carbonyl (C=O) groups is 2. The van der Waals surface area contributed by atoms with Crippen LogP contribution in [0.2, 0.25) is 5.02 Å². The number of hydrogen-bond acceptors (Lipinski definition) is 5. The predicted octanol–water partition coefficient (Wildman–Crippen LogP) is 5.59. The molecule has 1 saturated carbocycles. The van der Waals surface area contributed by atoms with Gasteiger partial charge in [-0.1, -0.05) is 79.0 Å². The van der Waals surface area contributed by atoms with E-state index in [4.69, 9.17) is 16.3 Å². The molecule has 10 heteroatoms. The van der Waals surface area contributed by atoms with Crippen molar-refractivity contribution in [1.82, 2.24) is 10.2 Å². The third-order valence-electron chi connectivity index (χ3n) is 7.72. The molecule has 0 spiro atoms. The number of methoxy groups -OCH3 is 1. The molecule has 8 nitrogen and oxygen atoms in total. The minimum atomic E-state index is -3.66. The molecule has 0 aromatic heterocycles. The highest BCUT2D eigenvalue weighted by atomic mass is 35.5. The first-order chi connectivity index (χ1) is 20.7. The first-order valence-corrected chi connectivity index (χ1v) is 16.9. The summed E-state index contributed by atoms with van der Waals surface area (Å²) in [7, 11) is -2.17. The van der Waals surface area contributed by atoms with Gasteiger partial charge in [-0.2, -0.15) is 0 Å². The number of para-hydroxylation sites is 2. The van der Waals surface area contributed by atoms with Crippen molar-refractivity contribution in [2.75, 3.05) is 24.2 Å². The van der Waals surface area contributed by atoms with Crippen LogP contribution in [-0.4, -0.2) is 57.1 Å². The minimum Gasteiger partial charge on any atom is -0.495 e. The summed E-state index contributed by atoms with van der Waals surface area (Å²) in [6, 6.07) is 23.2. The Kier molecular flexibility index (Phi) is 11.5. The maximum atomic E-state index is 14.0. The van der Waals surface area contributed by atoms with Crippen molar-refractivity contribution in [2.24, 2.45) is 0 Å². The lowest BCUT2D eigenvalue weighted by Gasteiger charge is -2.33. The maximum absolute atomic E-state index is 14.0. The minimum absolute atomic E-state index is 0.0454. The first-order valence-electron chi connectivity index (χ1n) is 14.6. The van der Waals surface area contributed by atoms with Crippen molar-refractivity contribution in [3.05, 3.63) is 95.0 Å². The Bertz CT molecular complexity index is 1480. The number of halogens is 1. The van der Waals surface area contributed by atoms with E-state index >= 15 is 0 Å². The lowest BCUT2D eigenvalue weighted by Crippen LogP contribution is -2.52. The summed E-state index contributed by atoms with van der Waals surface area (Å²) in [5, 5.41) is 3.74. The van der Waals surface area contributed by atoms with Gasteiger partial charge in [-0.3, -0.25) is 13.9 Å². The maximum Gasteiger partial charge on any atom is 0.243 e. The molecular formula is C33H40ClN3O5S. The third kappa shape index (κ3) is 9.21. The van der Waals surface area contributed by atoms with Crippen molar-refractivity contribution in [3.8, 4) is 5.75 Å². The Morgan fingerprint density at radius 3 is 2.33 bits per heavy atom. The number of carbonyl (C=O) groups excluding carboxylic acids is 2. The number of nitrogens with one attached hydrogen (secondary N) is 1. The Hall–Kier alpha value is -3.56. The second kappa shape index (κ2) is 15.3. The fourth-order valence-electron chi connectivity index (χ4n) is 5.57. The molecule has 0 radical (unpaired) electrons. The van der Waals surface area contributed by atoms with Gasteiger partial charge in [-0.15, -0.1) is 0 Å². The van der Waals surface area contributed by atoms with Crippen molar-refractivity contribution in [1.29, 1.82) is 0 Å². The number of hydrogen-bond donors (Lipinski definition) is 1. The Morgan fingerprint density at radius 1 is 0.977 bits per heavy atom. The van der Waals surface area contributed by atoms with Crippen LogP contribution in [0.5, 0.6) is 5.75 Å². The fraction of sp³-hybridized carbons (Fsp3) is 0.394. The van der Waals surface area contributed by atoms with Gasteiger partial charge in [0.2, 0.25) is 21.8 Å². The average molecular weight is 626 g/mol. The van der Waals surface area contributed by atoms with Gasteiger partial charge in [0.05, 0.1) is 19.1 Å². The molecule has 0 heterocycles. The second-order valence-corrected chi connectivity index (χ2v) is 13.3. The summed E-state index contributed by atoms with van der Waals surface area (Å²) in [5.41, 5.74) is 2.16. The lowest BCUT2D eigenvalue weighted by atomic mass is 10.0. The van der Waals surface area contributed by atoms with Crippen LogP contribution in [0.25, 0.3) is 0 Å². The Labute approximate surface area is 260 Å². The normalized spacial score (nSPS) is 14.2. The zero-order valence-corrected chi connectivity index (χ0v) is 26.3. The fourth-order valence-corrected chi connectivity index (χ4v) is 6.75. The number of nitrogens with zero attached hydrogens (tertiary/aromatic N) is 2. The highest BCUT2D eigenvalue weighted by Crippen LogP contribution is 2.30. The summed E-state index contributed by atoms with van der Waals surface area (Å²) < 4.78 is 32.2. The molecule has 0 bridgehead atoms. The monoisotopic (exact) mass is 625 g/mol. The van der Waals surface area contributed by atoms with Gasteiger partial charge in [0.1, 0.15) is 11.8 Å². The number of rotatable bonds is 14. The SMILES string of the molecule is COc1ccccc1N(CCCC(=O)N(Cc1cccc(Cl)c1)C(Cc1ccccc1)C(=O)NC1CCCC1)S(C)(=O)=O. The molecule has 1 aliphatic carbocycles. The largest absolute Gasteiger partial charge is 0.495 e. The summed E-state index contributed by atoms with van der Waals surface area (Å²) >= 11 is 6.28. The van der Waals surface area contributed by atoms with Gasteiger partial charge in [-0.25, -0.2) is 8.42 Å². The van der Waals surface area contributed by atoms with E-state index in [1.54, 1.807) is 41.3 Å². The van der Waals surface area contributed by atoms with Crippen molar-refractivity contribution in [2.45, 2.75) is 63.6 Å². The van der Waals surface area contributed by atoms with Gasteiger partial charge in [0, 0.05) is 37.0 Å². The Balaban J connectivity index is 1.60. The van der Waals surface area contributed by atoms with Crippen molar-refractivity contribution >= 4 is 39.1 Å². The molecule has 1 aliphatic rings. The highest BCUT2D eigenvalue weighted by Gasteiger charge is 2.32. The van der Waals surface area contributed by atoms with Crippen LogP contribution in [0.3, 0.4) is 0 Å². The molecular weight excluding hydrogens is 586 g/mol. The molecule has 0 saturated heterocycles. The molecule has 4 rings (SSSR count). The number of ether oxygens (including phenoxy) is 1. The highest BCUT2D eigenvalue weighted by molar-refractivity contribution is 7.92. The van der Waals surface area contributed by atoms with Gasteiger partial charge in [0.25, 0.3) is 0 Å². The molecule has 3 aromatic carbocycles. The molecule has 1 unspecified atom stereocenters. The summed E-state index contributed by atoms with van der Waals surface area (Å²) in [6.07, 6.45) is 5.78. The summed E-state index contributed by atoms with van der Waals surface area (Å²) in [5.74, 6) is 0.00205. The van der Waals surface area contributed by atoms with E-state index in [9.17, 15) is 18.0 Å². The van der Waals surface area contributed by atoms with Gasteiger partial charge >= 0.3 is 0 Å². The number of amides is 2. The topological polar surface area (TPSA) is 96.0 Å². The number of sulfonamides is 1. The zero-order valence-electron chi connectivity index (χ0n) is 24.7. The van der Waals surface area contributed by atoms with Crippen LogP contribution in [0.15, 0.2) is 78.9 Å². The quantitative estimate of drug-likeness (QED) is 0.252. The molecule has 43 heavy (non-hydrogen) atoms. The van der Waals surface area contributed by atoms with Crippen LogP contribution in [0.4, 0.5) is 5.69 Å². The molecule has 2 amide bonds. The molecule has 1 N–H and O–H groups in total. The van der Waals surface area contributed by atoms with Gasteiger partial charge in [-0.05, 0) is 54.7 Å². The average Bonchev–Trinajstić information content (AvgIpc) is 3.50. The molecule has 1 atom stereocenters. The first kappa shape index (κ1) is 32.4.